The fraction of sp³-hybridized carbons (Fsp3) is 0.538. The van der Waals surface area contributed by atoms with Gasteiger partial charge < -0.3 is 0 Å². The van der Waals surface area contributed by atoms with E-state index in [0.29, 0.717) is 13.1 Å². The quantitative estimate of drug-likeness (QED) is 0.784. The van der Waals surface area contributed by atoms with Crippen molar-refractivity contribution in [3.63, 3.8) is 0 Å². The van der Waals surface area contributed by atoms with Gasteiger partial charge >= 0.3 is 0 Å². The lowest BCUT2D eigenvalue weighted by Crippen LogP contribution is -2.34. The maximum atomic E-state index is 13.0. The molecule has 0 aliphatic carbocycles. The molecule has 0 spiro atoms. The summed E-state index contributed by atoms with van der Waals surface area (Å²) in [4.78, 5) is 0.110. The van der Waals surface area contributed by atoms with Gasteiger partial charge in [0.05, 0.1) is 4.90 Å². The second-order valence-electron chi connectivity index (χ2n) is 4.54. The molecular formula is C13H19BrFNO2S. The van der Waals surface area contributed by atoms with Crippen molar-refractivity contribution >= 4 is 26.0 Å². The molecule has 0 saturated carbocycles. The lowest BCUT2D eigenvalue weighted by Gasteiger charge is -2.24. The monoisotopic (exact) mass is 351 g/mol. The predicted octanol–water partition coefficient (Wildman–Crippen LogP) is 3.64. The Balaban J connectivity index is 3.13. The number of hydrogen-bond acceptors (Lipinski definition) is 2. The third-order valence-corrected chi connectivity index (χ3v) is 5.99. The third-order valence-electron chi connectivity index (χ3n) is 3.08. The van der Waals surface area contributed by atoms with E-state index in [-0.39, 0.29) is 15.3 Å². The number of sulfonamides is 1. The molecule has 108 valence electrons. The van der Waals surface area contributed by atoms with Gasteiger partial charge in [-0.1, -0.05) is 27.2 Å². The Kier molecular flexibility index (Phi) is 5.95. The maximum Gasteiger partial charge on any atom is 0.244 e. The fourth-order valence-electron chi connectivity index (χ4n) is 1.70. The third kappa shape index (κ3) is 4.00. The summed E-state index contributed by atoms with van der Waals surface area (Å²) in [6, 6.07) is 3.63. The molecule has 1 unspecified atom stereocenters. The number of benzene rings is 1. The van der Waals surface area contributed by atoms with Crippen molar-refractivity contribution < 1.29 is 12.8 Å². The molecule has 0 heterocycles. The topological polar surface area (TPSA) is 37.4 Å². The maximum absolute atomic E-state index is 13.0. The van der Waals surface area contributed by atoms with Crippen LogP contribution in [-0.4, -0.2) is 25.8 Å². The summed E-state index contributed by atoms with van der Waals surface area (Å²) in [5.74, 6) is -0.176. The average Bonchev–Trinajstić information content (AvgIpc) is 2.34. The average molecular weight is 352 g/mol. The first kappa shape index (κ1) is 16.6. The zero-order valence-electron chi connectivity index (χ0n) is 11.4. The largest absolute Gasteiger partial charge is 0.244 e. The molecule has 6 heteroatoms. The molecule has 0 aliphatic heterocycles. The number of nitrogens with zero attached hydrogens (tertiary/aromatic N) is 1. The van der Waals surface area contributed by atoms with Crippen molar-refractivity contribution in [1.82, 2.24) is 4.31 Å². The summed E-state index contributed by atoms with van der Waals surface area (Å²) >= 11 is 3.12. The highest BCUT2D eigenvalue weighted by atomic mass is 79.9. The standard InChI is InChI=1S/C13H19BrFNO2S/c1-4-10(3)9-16(5-2)19(17,18)13-7-6-11(15)8-12(13)14/h6-8,10H,4-5,9H2,1-3H3. The van der Waals surface area contributed by atoms with Gasteiger partial charge in [0.1, 0.15) is 5.82 Å². The summed E-state index contributed by atoms with van der Waals surface area (Å²) in [6.45, 7) is 6.71. The van der Waals surface area contributed by atoms with Crippen LogP contribution in [0.15, 0.2) is 27.6 Å². The lowest BCUT2D eigenvalue weighted by molar-refractivity contribution is 0.361. The van der Waals surface area contributed by atoms with Gasteiger partial charge in [0.15, 0.2) is 0 Å². The Labute approximate surface area is 123 Å². The normalized spacial score (nSPS) is 13.8. The van der Waals surface area contributed by atoms with Crippen LogP contribution in [0.25, 0.3) is 0 Å². The summed E-state index contributed by atoms with van der Waals surface area (Å²) in [7, 11) is -3.58. The molecule has 0 aliphatic rings. The van der Waals surface area contributed by atoms with E-state index in [2.05, 4.69) is 15.9 Å². The number of hydrogen-bond donors (Lipinski definition) is 0. The first-order valence-corrected chi connectivity index (χ1v) is 8.51. The lowest BCUT2D eigenvalue weighted by atomic mass is 10.1. The molecule has 1 aromatic carbocycles. The molecular weight excluding hydrogens is 333 g/mol. The smallest absolute Gasteiger partial charge is 0.207 e. The first-order valence-electron chi connectivity index (χ1n) is 6.28. The van der Waals surface area contributed by atoms with Gasteiger partial charge in [0.25, 0.3) is 0 Å². The van der Waals surface area contributed by atoms with Crippen molar-refractivity contribution in [3.8, 4) is 0 Å². The second kappa shape index (κ2) is 6.81. The Hall–Kier alpha value is -0.460. The van der Waals surface area contributed by atoms with Crippen LogP contribution >= 0.6 is 15.9 Å². The van der Waals surface area contributed by atoms with Gasteiger partial charge in [-0.25, -0.2) is 12.8 Å². The summed E-state index contributed by atoms with van der Waals surface area (Å²) in [5, 5.41) is 0. The van der Waals surface area contributed by atoms with Crippen molar-refractivity contribution in [2.45, 2.75) is 32.1 Å². The van der Waals surface area contributed by atoms with Gasteiger partial charge in [-0.3, -0.25) is 0 Å². The summed E-state index contributed by atoms with van der Waals surface area (Å²) in [6.07, 6.45) is 0.913. The summed E-state index contributed by atoms with van der Waals surface area (Å²) in [5.41, 5.74) is 0. The Morgan fingerprint density at radius 2 is 2.00 bits per heavy atom. The number of halogens is 2. The van der Waals surface area contributed by atoms with Gasteiger partial charge in [-0.2, -0.15) is 4.31 Å². The molecule has 19 heavy (non-hydrogen) atoms. The molecule has 0 bridgehead atoms. The van der Waals surface area contributed by atoms with Crippen LogP contribution in [0.2, 0.25) is 0 Å². The minimum atomic E-state index is -3.58. The molecule has 0 saturated heterocycles. The highest BCUT2D eigenvalue weighted by molar-refractivity contribution is 9.10. The van der Waals surface area contributed by atoms with E-state index < -0.39 is 15.8 Å². The summed E-state index contributed by atoms with van der Waals surface area (Å²) < 4.78 is 39.8. The van der Waals surface area contributed by atoms with Gasteiger partial charge in [0.2, 0.25) is 10.0 Å². The van der Waals surface area contributed by atoms with E-state index in [0.717, 1.165) is 12.5 Å². The van der Waals surface area contributed by atoms with Crippen LogP contribution in [-0.2, 0) is 10.0 Å². The van der Waals surface area contributed by atoms with Crippen LogP contribution < -0.4 is 0 Å². The molecule has 1 atom stereocenters. The molecule has 0 amide bonds. The highest BCUT2D eigenvalue weighted by Gasteiger charge is 2.26. The first-order chi connectivity index (χ1) is 8.82. The van der Waals surface area contributed by atoms with E-state index in [4.69, 9.17) is 0 Å². The zero-order valence-corrected chi connectivity index (χ0v) is 13.8. The Morgan fingerprint density at radius 1 is 1.37 bits per heavy atom. The number of rotatable bonds is 6. The zero-order chi connectivity index (χ0) is 14.6. The van der Waals surface area contributed by atoms with Gasteiger partial charge in [0, 0.05) is 17.6 Å². The molecule has 0 aromatic heterocycles. The van der Waals surface area contributed by atoms with E-state index in [1.165, 1.54) is 16.4 Å². The molecule has 0 N–H and O–H groups in total. The Bertz CT molecular complexity index is 533. The van der Waals surface area contributed by atoms with Crippen LogP contribution in [0, 0.1) is 11.7 Å². The van der Waals surface area contributed by atoms with Gasteiger partial charge in [-0.05, 0) is 40.0 Å². The molecule has 0 fully saturated rings. The van der Waals surface area contributed by atoms with E-state index >= 15 is 0 Å². The highest BCUT2D eigenvalue weighted by Crippen LogP contribution is 2.26. The predicted molar refractivity (Wildman–Crippen MR) is 78.0 cm³/mol. The van der Waals surface area contributed by atoms with Crippen LogP contribution in [0.5, 0.6) is 0 Å². The SMILES string of the molecule is CCC(C)CN(CC)S(=O)(=O)c1ccc(F)cc1Br. The molecule has 0 radical (unpaired) electrons. The van der Waals surface area contributed by atoms with E-state index in [1.54, 1.807) is 6.92 Å². The minimum Gasteiger partial charge on any atom is -0.207 e. The van der Waals surface area contributed by atoms with Crippen LogP contribution in [0.4, 0.5) is 4.39 Å². The van der Waals surface area contributed by atoms with E-state index in [1.807, 2.05) is 13.8 Å². The molecule has 1 aromatic rings. The van der Waals surface area contributed by atoms with Crippen molar-refractivity contribution in [2.75, 3.05) is 13.1 Å². The van der Waals surface area contributed by atoms with E-state index in [9.17, 15) is 12.8 Å². The molecule has 1 rings (SSSR count). The van der Waals surface area contributed by atoms with Gasteiger partial charge in [-0.15, -0.1) is 0 Å². The fourth-order valence-corrected chi connectivity index (χ4v) is 4.28. The van der Waals surface area contributed by atoms with Crippen LogP contribution in [0.3, 0.4) is 0 Å². The van der Waals surface area contributed by atoms with Crippen molar-refractivity contribution in [2.24, 2.45) is 5.92 Å². The van der Waals surface area contributed by atoms with Crippen LogP contribution in [0.1, 0.15) is 27.2 Å². The minimum absolute atomic E-state index is 0.110. The van der Waals surface area contributed by atoms with Crippen molar-refractivity contribution in [3.05, 3.63) is 28.5 Å². The Morgan fingerprint density at radius 3 is 2.47 bits per heavy atom. The van der Waals surface area contributed by atoms with Crippen molar-refractivity contribution in [1.29, 1.82) is 0 Å². The second-order valence-corrected chi connectivity index (χ2v) is 7.30. The molecule has 3 nitrogen and oxygen atoms in total.